The number of esters is 2. The van der Waals surface area contributed by atoms with Crippen molar-refractivity contribution in [3.05, 3.63) is 36.5 Å². The van der Waals surface area contributed by atoms with Gasteiger partial charge < -0.3 is 18.9 Å². The van der Waals surface area contributed by atoms with Crippen molar-refractivity contribution in [1.82, 2.24) is 0 Å². The lowest BCUT2D eigenvalue weighted by Gasteiger charge is -2.24. The Bertz CT molecular complexity index is 1040. The minimum absolute atomic E-state index is 0.0293. The summed E-state index contributed by atoms with van der Waals surface area (Å²) in [7, 11) is 1.47. The zero-order valence-electron chi connectivity index (χ0n) is 36.2. The summed E-state index contributed by atoms with van der Waals surface area (Å²) in [6.07, 6.45) is 41.9. The van der Waals surface area contributed by atoms with E-state index >= 15 is 0 Å². The number of quaternary nitrogens is 1. The first kappa shape index (κ1) is 53.2. The second-order valence-corrected chi connectivity index (χ2v) is 17.5. The largest absolute Gasteiger partial charge is 0.472 e. The highest BCUT2D eigenvalue weighted by Crippen LogP contribution is 2.43. The molecule has 1 unspecified atom stereocenters. The Labute approximate surface area is 338 Å². The van der Waals surface area contributed by atoms with Crippen molar-refractivity contribution in [2.24, 2.45) is 0 Å². The fourth-order valence-electron chi connectivity index (χ4n) is 5.86. The van der Waals surface area contributed by atoms with E-state index < -0.39 is 26.5 Å². The van der Waals surface area contributed by atoms with E-state index in [2.05, 4.69) is 50.3 Å². The second kappa shape index (κ2) is 37.8. The molecular weight excluding hydrogens is 713 g/mol. The molecule has 1 N–H and O–H groups in total. The Balaban J connectivity index is 4.31. The Morgan fingerprint density at radius 3 is 1.45 bits per heavy atom. The van der Waals surface area contributed by atoms with Crippen LogP contribution < -0.4 is 0 Å². The molecule has 9 nitrogen and oxygen atoms in total. The lowest BCUT2D eigenvalue weighted by Crippen LogP contribution is -2.37. The molecule has 0 spiro atoms. The summed E-state index contributed by atoms with van der Waals surface area (Å²) >= 11 is 0. The van der Waals surface area contributed by atoms with Gasteiger partial charge in [0.1, 0.15) is 19.8 Å². The average Bonchev–Trinajstić information content (AvgIpc) is 3.13. The molecule has 0 aromatic heterocycles. The number of likely N-dealkylation sites (N-methyl/N-ethyl adjacent to an activating group) is 1. The SMILES string of the molecule is CCCCC/C=C/C/C=C/CCCCCCCCCCCC(=O)OC[C@@H](COP(=O)(O)OCC[N+](C)(C)C)OC(=O)CCCCCCC/C=C/CCCCC. The van der Waals surface area contributed by atoms with Crippen LogP contribution in [0.25, 0.3) is 0 Å². The zero-order valence-corrected chi connectivity index (χ0v) is 37.1. The van der Waals surface area contributed by atoms with Gasteiger partial charge in [-0.25, -0.2) is 4.57 Å². The number of allylic oxidation sites excluding steroid dienone is 6. The topological polar surface area (TPSA) is 108 Å². The van der Waals surface area contributed by atoms with Gasteiger partial charge in [0.15, 0.2) is 6.10 Å². The number of nitrogens with zero attached hydrogens (tertiary/aromatic N) is 1. The van der Waals surface area contributed by atoms with Gasteiger partial charge in [-0.05, 0) is 70.6 Å². The average molecular weight is 799 g/mol. The predicted octanol–water partition coefficient (Wildman–Crippen LogP) is 12.5. The molecule has 0 aliphatic rings. The maximum atomic E-state index is 12.7. The number of unbranched alkanes of at least 4 members (excludes halogenated alkanes) is 20. The van der Waals surface area contributed by atoms with E-state index in [1.165, 1.54) is 89.9 Å². The Hall–Kier alpha value is -1.77. The van der Waals surface area contributed by atoms with Crippen molar-refractivity contribution in [2.45, 2.75) is 193 Å². The van der Waals surface area contributed by atoms with Gasteiger partial charge in [0.05, 0.1) is 27.7 Å². The molecule has 0 radical (unpaired) electrons. The third kappa shape index (κ3) is 41.7. The summed E-state index contributed by atoms with van der Waals surface area (Å²) in [6, 6.07) is 0. The van der Waals surface area contributed by atoms with Crippen molar-refractivity contribution in [1.29, 1.82) is 0 Å². The van der Waals surface area contributed by atoms with Crippen LogP contribution in [-0.2, 0) is 32.7 Å². The van der Waals surface area contributed by atoms with Gasteiger partial charge in [0, 0.05) is 12.8 Å². The van der Waals surface area contributed by atoms with Crippen LogP contribution in [0.15, 0.2) is 36.5 Å². The molecule has 0 aromatic carbocycles. The van der Waals surface area contributed by atoms with E-state index in [-0.39, 0.29) is 32.0 Å². The normalized spacial score (nSPS) is 13.9. The van der Waals surface area contributed by atoms with Crippen molar-refractivity contribution in [2.75, 3.05) is 47.5 Å². The summed E-state index contributed by atoms with van der Waals surface area (Å²) in [4.78, 5) is 35.3. The summed E-state index contributed by atoms with van der Waals surface area (Å²) in [5.41, 5.74) is 0. The van der Waals surface area contributed by atoms with Crippen molar-refractivity contribution < 1.29 is 42.1 Å². The number of carbonyl (C=O) groups excluding carboxylic acids is 2. The minimum atomic E-state index is -4.37. The Kier molecular flexibility index (Phi) is 36.6. The smallest absolute Gasteiger partial charge is 0.462 e. The first-order valence-corrected chi connectivity index (χ1v) is 23.7. The number of phosphoric ester groups is 1. The molecule has 0 amide bonds. The molecular formula is C45H85NO8P+. The summed E-state index contributed by atoms with van der Waals surface area (Å²) < 4.78 is 34.3. The standard InChI is InChI=1S/C45H84NO8P/c1-6-8-10-12-14-16-18-20-21-22-23-24-25-26-28-29-31-33-35-37-44(47)51-41-43(42-53-55(49,50)52-40-39-46(3,4)5)54-45(48)38-36-34-32-30-27-19-17-15-13-11-9-7-2/h14-17,20-21,43H,6-13,18-19,22-42H2,1-5H3/p+1/b16-14+,17-15+,21-20+/t43-/m0/s1. The van der Waals surface area contributed by atoms with Crippen LogP contribution >= 0.6 is 7.82 Å². The van der Waals surface area contributed by atoms with E-state index in [9.17, 15) is 19.0 Å². The molecule has 0 fully saturated rings. The molecule has 0 saturated carbocycles. The summed E-state index contributed by atoms with van der Waals surface area (Å²) in [5.74, 6) is -0.813. The maximum absolute atomic E-state index is 12.7. The molecule has 10 heteroatoms. The fourth-order valence-corrected chi connectivity index (χ4v) is 6.60. The third-order valence-corrected chi connectivity index (χ3v) is 10.4. The van der Waals surface area contributed by atoms with E-state index in [0.29, 0.717) is 17.4 Å². The van der Waals surface area contributed by atoms with Crippen molar-refractivity contribution in [3.8, 4) is 0 Å². The van der Waals surface area contributed by atoms with Gasteiger partial charge >= 0.3 is 19.8 Å². The van der Waals surface area contributed by atoms with Crippen LogP contribution in [-0.4, -0.2) is 74.9 Å². The van der Waals surface area contributed by atoms with Crippen LogP contribution in [0, 0.1) is 0 Å². The van der Waals surface area contributed by atoms with Gasteiger partial charge in [-0.15, -0.1) is 0 Å². The molecule has 0 bridgehead atoms. The summed E-state index contributed by atoms with van der Waals surface area (Å²) in [5, 5.41) is 0. The fraction of sp³-hybridized carbons (Fsp3) is 0.822. The van der Waals surface area contributed by atoms with Crippen molar-refractivity contribution >= 4 is 19.8 Å². The van der Waals surface area contributed by atoms with Crippen LogP contribution in [0.5, 0.6) is 0 Å². The molecule has 0 saturated heterocycles. The van der Waals surface area contributed by atoms with Gasteiger partial charge in [-0.3, -0.25) is 18.6 Å². The Morgan fingerprint density at radius 2 is 0.982 bits per heavy atom. The van der Waals surface area contributed by atoms with Gasteiger partial charge in [0.2, 0.25) is 0 Å². The number of hydrogen-bond donors (Lipinski definition) is 1. The molecule has 0 heterocycles. The monoisotopic (exact) mass is 799 g/mol. The van der Waals surface area contributed by atoms with Crippen LogP contribution in [0.3, 0.4) is 0 Å². The van der Waals surface area contributed by atoms with E-state index in [1.54, 1.807) is 0 Å². The molecule has 2 atom stereocenters. The quantitative estimate of drug-likeness (QED) is 0.0215. The predicted molar refractivity (Wildman–Crippen MR) is 229 cm³/mol. The van der Waals surface area contributed by atoms with Crippen LogP contribution in [0.4, 0.5) is 0 Å². The van der Waals surface area contributed by atoms with Crippen LogP contribution in [0.2, 0.25) is 0 Å². The molecule has 322 valence electrons. The van der Waals surface area contributed by atoms with E-state index in [0.717, 1.165) is 64.2 Å². The number of phosphoric acid groups is 1. The Morgan fingerprint density at radius 1 is 0.564 bits per heavy atom. The van der Waals surface area contributed by atoms with Crippen LogP contribution in [0.1, 0.15) is 187 Å². The van der Waals surface area contributed by atoms with Gasteiger partial charge in [0.25, 0.3) is 0 Å². The third-order valence-electron chi connectivity index (χ3n) is 9.39. The minimum Gasteiger partial charge on any atom is -0.462 e. The highest BCUT2D eigenvalue weighted by atomic mass is 31.2. The molecule has 0 aromatic rings. The number of carbonyl (C=O) groups is 2. The molecule has 55 heavy (non-hydrogen) atoms. The molecule has 0 aliphatic carbocycles. The lowest BCUT2D eigenvalue weighted by molar-refractivity contribution is -0.870. The van der Waals surface area contributed by atoms with E-state index in [1.807, 2.05) is 21.1 Å². The highest BCUT2D eigenvalue weighted by molar-refractivity contribution is 7.47. The van der Waals surface area contributed by atoms with Crippen molar-refractivity contribution in [3.63, 3.8) is 0 Å². The second-order valence-electron chi connectivity index (χ2n) is 16.1. The van der Waals surface area contributed by atoms with Gasteiger partial charge in [-0.1, -0.05) is 140 Å². The number of rotatable bonds is 40. The number of ether oxygens (including phenoxy) is 2. The lowest BCUT2D eigenvalue weighted by atomic mass is 10.1. The molecule has 0 aliphatic heterocycles. The first-order chi connectivity index (χ1) is 26.5. The molecule has 0 rings (SSSR count). The number of hydrogen-bond acceptors (Lipinski definition) is 7. The maximum Gasteiger partial charge on any atom is 0.472 e. The zero-order chi connectivity index (χ0) is 40.7. The first-order valence-electron chi connectivity index (χ1n) is 22.2. The van der Waals surface area contributed by atoms with E-state index in [4.69, 9.17) is 18.5 Å². The van der Waals surface area contributed by atoms with Gasteiger partial charge in [-0.2, -0.15) is 0 Å². The highest BCUT2D eigenvalue weighted by Gasteiger charge is 2.27. The summed E-state index contributed by atoms with van der Waals surface area (Å²) in [6.45, 7) is 4.36.